The van der Waals surface area contributed by atoms with E-state index >= 15 is 0 Å². The van der Waals surface area contributed by atoms with Gasteiger partial charge in [-0.15, -0.1) is 0 Å². The third-order valence-corrected chi connectivity index (χ3v) is 6.18. The predicted octanol–water partition coefficient (Wildman–Crippen LogP) is 2.84. The molecule has 0 bridgehead atoms. The van der Waals surface area contributed by atoms with Gasteiger partial charge in [-0.1, -0.05) is 18.9 Å². The Morgan fingerprint density at radius 3 is 3.04 bits per heavy atom. The van der Waals surface area contributed by atoms with Crippen molar-refractivity contribution in [2.75, 3.05) is 36.9 Å². The van der Waals surface area contributed by atoms with Crippen LogP contribution in [0.4, 0.5) is 16.2 Å². The van der Waals surface area contributed by atoms with Crippen molar-refractivity contribution in [3.8, 4) is 0 Å². The summed E-state index contributed by atoms with van der Waals surface area (Å²) in [5.74, 6) is 0.233. The number of benzene rings is 1. The van der Waals surface area contributed by atoms with Gasteiger partial charge in [-0.25, -0.2) is 4.79 Å². The van der Waals surface area contributed by atoms with Gasteiger partial charge in [0.25, 0.3) is 0 Å². The van der Waals surface area contributed by atoms with Gasteiger partial charge < -0.3 is 20.2 Å². The minimum Gasteiger partial charge on any atom is -0.389 e. The molecular weight excluding hydrogens is 302 g/mol. The zero-order valence-electron chi connectivity index (χ0n) is 14.4. The SMILES string of the molecule is CN1CCc2ccc(NC(=O)N3CCC4(O)CCCCC4C3)cc21. The number of carbonyl (C=O) groups is 1. The lowest BCUT2D eigenvalue weighted by molar-refractivity contribution is -0.0863. The number of nitrogens with zero attached hydrogens (tertiary/aromatic N) is 2. The summed E-state index contributed by atoms with van der Waals surface area (Å²) in [6.45, 7) is 2.36. The Kier molecular flexibility index (Phi) is 3.91. The number of likely N-dealkylation sites (N-methyl/N-ethyl adjacent to an activating group) is 1. The van der Waals surface area contributed by atoms with Crippen LogP contribution >= 0.6 is 0 Å². The van der Waals surface area contributed by atoms with Gasteiger partial charge in [0.1, 0.15) is 0 Å². The molecule has 0 radical (unpaired) electrons. The molecule has 2 atom stereocenters. The molecule has 0 spiro atoms. The molecule has 1 aromatic rings. The number of urea groups is 1. The average Bonchev–Trinajstić information content (AvgIpc) is 2.95. The monoisotopic (exact) mass is 329 g/mol. The third kappa shape index (κ3) is 2.75. The molecule has 130 valence electrons. The number of hydrogen-bond donors (Lipinski definition) is 2. The lowest BCUT2D eigenvalue weighted by atomic mass is 9.71. The number of rotatable bonds is 1. The number of fused-ring (bicyclic) bond motifs is 2. The van der Waals surface area contributed by atoms with E-state index in [0.717, 1.165) is 37.9 Å². The number of amides is 2. The maximum Gasteiger partial charge on any atom is 0.321 e. The Balaban J connectivity index is 1.43. The van der Waals surface area contributed by atoms with Gasteiger partial charge >= 0.3 is 6.03 Å². The second-order valence-corrected chi connectivity index (χ2v) is 7.69. The summed E-state index contributed by atoms with van der Waals surface area (Å²) in [6, 6.07) is 6.14. The second kappa shape index (κ2) is 5.96. The highest BCUT2D eigenvalue weighted by atomic mass is 16.3. The predicted molar refractivity (Wildman–Crippen MR) is 95.5 cm³/mol. The van der Waals surface area contributed by atoms with E-state index in [0.29, 0.717) is 19.5 Å². The van der Waals surface area contributed by atoms with Gasteiger partial charge in [-0.2, -0.15) is 0 Å². The van der Waals surface area contributed by atoms with Crippen LogP contribution in [0.1, 0.15) is 37.7 Å². The number of piperidine rings is 1. The molecule has 4 rings (SSSR count). The maximum absolute atomic E-state index is 12.6. The van der Waals surface area contributed by atoms with Crippen LogP contribution in [0.25, 0.3) is 0 Å². The quantitative estimate of drug-likeness (QED) is 0.833. The molecule has 1 saturated heterocycles. The Bertz CT molecular complexity index is 647. The molecule has 5 nitrogen and oxygen atoms in total. The molecule has 0 aromatic heterocycles. The molecule has 2 amide bonds. The smallest absolute Gasteiger partial charge is 0.321 e. The van der Waals surface area contributed by atoms with Crippen LogP contribution in [0, 0.1) is 5.92 Å². The second-order valence-electron chi connectivity index (χ2n) is 7.69. The fraction of sp³-hybridized carbons (Fsp3) is 0.632. The first-order valence-electron chi connectivity index (χ1n) is 9.17. The van der Waals surface area contributed by atoms with Crippen molar-refractivity contribution in [1.29, 1.82) is 0 Å². The first kappa shape index (κ1) is 15.8. The van der Waals surface area contributed by atoms with Crippen LogP contribution in [0.2, 0.25) is 0 Å². The number of likely N-dealkylation sites (tertiary alicyclic amines) is 1. The molecule has 2 N–H and O–H groups in total. The minimum atomic E-state index is -0.536. The van der Waals surface area contributed by atoms with Crippen molar-refractivity contribution in [1.82, 2.24) is 4.90 Å². The van der Waals surface area contributed by atoms with Crippen molar-refractivity contribution in [3.05, 3.63) is 23.8 Å². The van der Waals surface area contributed by atoms with Gasteiger partial charge in [0, 0.05) is 44.0 Å². The van der Waals surface area contributed by atoms with Crippen molar-refractivity contribution >= 4 is 17.4 Å². The first-order chi connectivity index (χ1) is 11.5. The van der Waals surface area contributed by atoms with Crippen molar-refractivity contribution < 1.29 is 9.90 Å². The summed E-state index contributed by atoms with van der Waals surface area (Å²) < 4.78 is 0. The minimum absolute atomic E-state index is 0.0387. The Labute approximate surface area is 143 Å². The number of nitrogens with one attached hydrogen (secondary N) is 1. The van der Waals surface area contributed by atoms with Gasteiger partial charge in [0.15, 0.2) is 0 Å². The summed E-state index contributed by atoms with van der Waals surface area (Å²) >= 11 is 0. The lowest BCUT2D eigenvalue weighted by Crippen LogP contribution is -2.55. The van der Waals surface area contributed by atoms with Crippen LogP contribution in [0.3, 0.4) is 0 Å². The largest absolute Gasteiger partial charge is 0.389 e. The van der Waals surface area contributed by atoms with E-state index in [1.807, 2.05) is 11.0 Å². The fourth-order valence-corrected chi connectivity index (χ4v) is 4.57. The number of aliphatic hydroxyl groups is 1. The van der Waals surface area contributed by atoms with E-state index < -0.39 is 5.60 Å². The molecule has 1 aliphatic carbocycles. The number of carbonyl (C=O) groups excluding carboxylic acids is 1. The normalized spacial score (nSPS) is 29.2. The van der Waals surface area contributed by atoms with E-state index in [4.69, 9.17) is 0 Å². The van der Waals surface area contributed by atoms with Gasteiger partial charge in [-0.3, -0.25) is 0 Å². The highest BCUT2D eigenvalue weighted by Gasteiger charge is 2.43. The van der Waals surface area contributed by atoms with Crippen molar-refractivity contribution in [2.24, 2.45) is 5.92 Å². The van der Waals surface area contributed by atoms with Gasteiger partial charge in [-0.05, 0) is 43.4 Å². The summed E-state index contributed by atoms with van der Waals surface area (Å²) in [4.78, 5) is 16.8. The van der Waals surface area contributed by atoms with E-state index in [1.165, 1.54) is 17.7 Å². The molecule has 5 heteroatoms. The molecule has 1 aromatic carbocycles. The highest BCUT2D eigenvalue weighted by molar-refractivity contribution is 5.90. The van der Waals surface area contributed by atoms with E-state index in [9.17, 15) is 9.90 Å². The van der Waals surface area contributed by atoms with Crippen LogP contribution in [-0.2, 0) is 6.42 Å². The Morgan fingerprint density at radius 1 is 1.29 bits per heavy atom. The van der Waals surface area contributed by atoms with E-state index in [2.05, 4.69) is 29.4 Å². The summed E-state index contributed by atoms with van der Waals surface area (Å²) in [5.41, 5.74) is 2.89. The van der Waals surface area contributed by atoms with Crippen LogP contribution in [-0.4, -0.2) is 48.3 Å². The number of anilines is 2. The summed E-state index contributed by atoms with van der Waals surface area (Å²) in [6.07, 6.45) is 5.99. The Hall–Kier alpha value is -1.75. The van der Waals surface area contributed by atoms with Crippen LogP contribution in [0.15, 0.2) is 18.2 Å². The first-order valence-corrected chi connectivity index (χ1v) is 9.17. The molecule has 1 saturated carbocycles. The highest BCUT2D eigenvalue weighted by Crippen LogP contribution is 2.40. The fourth-order valence-electron chi connectivity index (χ4n) is 4.57. The summed E-state index contributed by atoms with van der Waals surface area (Å²) in [5, 5.41) is 13.8. The standard InChI is InChI=1S/C19H27N3O2/c1-21-10-7-14-5-6-16(12-17(14)21)20-18(23)22-11-9-19(24)8-3-2-4-15(19)13-22/h5-6,12,15,24H,2-4,7-11,13H2,1H3,(H,20,23). The zero-order chi connectivity index (χ0) is 16.7. The molecule has 24 heavy (non-hydrogen) atoms. The topological polar surface area (TPSA) is 55.8 Å². The molecule has 2 unspecified atom stereocenters. The maximum atomic E-state index is 12.6. The molecule has 2 fully saturated rings. The molecule has 3 aliphatic rings. The van der Waals surface area contributed by atoms with E-state index in [-0.39, 0.29) is 11.9 Å². The van der Waals surface area contributed by atoms with Gasteiger partial charge in [0.05, 0.1) is 5.60 Å². The number of hydrogen-bond acceptors (Lipinski definition) is 3. The zero-order valence-corrected chi connectivity index (χ0v) is 14.4. The average molecular weight is 329 g/mol. The van der Waals surface area contributed by atoms with E-state index in [1.54, 1.807) is 0 Å². The van der Waals surface area contributed by atoms with Crippen LogP contribution in [0.5, 0.6) is 0 Å². The molecule has 2 heterocycles. The summed E-state index contributed by atoms with van der Waals surface area (Å²) in [7, 11) is 2.09. The Morgan fingerprint density at radius 2 is 2.17 bits per heavy atom. The van der Waals surface area contributed by atoms with Gasteiger partial charge in [0.2, 0.25) is 0 Å². The van der Waals surface area contributed by atoms with Crippen LogP contribution < -0.4 is 10.2 Å². The van der Waals surface area contributed by atoms with Crippen molar-refractivity contribution in [3.63, 3.8) is 0 Å². The molecule has 2 aliphatic heterocycles. The lowest BCUT2D eigenvalue weighted by Gasteiger charge is -2.47. The van der Waals surface area contributed by atoms with Crippen molar-refractivity contribution in [2.45, 2.75) is 44.1 Å². The third-order valence-electron chi connectivity index (χ3n) is 6.18. The molecular formula is C19H27N3O2.